The number of cyclic esters (lactones) is 1. The minimum Gasteiger partial charge on any atom is -0.458 e. The van der Waals surface area contributed by atoms with Crippen molar-refractivity contribution >= 4 is 56.4 Å². The van der Waals surface area contributed by atoms with Crippen LogP contribution >= 0.6 is 0 Å². The Kier molecular flexibility index (Phi) is 18.4. The number of carbonyl (C=O) groups excluding carboxylic acids is 5. The highest BCUT2D eigenvalue weighted by Gasteiger charge is 2.45. The lowest BCUT2D eigenvalue weighted by Crippen LogP contribution is -2.56. The molecule has 0 radical (unpaired) electrons. The van der Waals surface area contributed by atoms with Gasteiger partial charge in [0.25, 0.3) is 5.56 Å². The molecule has 19 nitrogen and oxygen atoms in total. The van der Waals surface area contributed by atoms with E-state index in [9.17, 15) is 46.7 Å². The molecule has 0 fully saturated rings. The first-order chi connectivity index (χ1) is 34.7. The number of fused-ring (bicyclic) bond motifs is 5. The Labute approximate surface area is 424 Å². The van der Waals surface area contributed by atoms with Crippen molar-refractivity contribution in [1.82, 2.24) is 45.7 Å². The van der Waals surface area contributed by atoms with Crippen molar-refractivity contribution in [3.8, 4) is 23.2 Å². The summed E-state index contributed by atoms with van der Waals surface area (Å²) in [6, 6.07) is 2.57. The zero-order valence-electron chi connectivity index (χ0n) is 42.3. The van der Waals surface area contributed by atoms with Gasteiger partial charge in [0, 0.05) is 60.6 Å². The number of nitrogens with one attached hydrogen (secondary N) is 4. The third-order valence-electron chi connectivity index (χ3n) is 13.0. The molecule has 1 aromatic carbocycles. The quantitative estimate of drug-likeness (QED) is 0.0289. The number of hydrogen-bond acceptors (Lipinski definition) is 14. The molecule has 21 heteroatoms. The second kappa shape index (κ2) is 24.2. The molecule has 2 aliphatic heterocycles. The summed E-state index contributed by atoms with van der Waals surface area (Å²) >= 11 is 0. The zero-order chi connectivity index (χ0) is 53.2. The SMILES string of the molecule is CCN(CC)CCCC[C@H](NC(=O)[C@@H](NC(=O)CCCC#Cc1cnc(S(C)(=O)=O)nc1)C(C)C)C(=O)NCC(=O)NC/C=C/c1c2c(nc3cc(F)c(C)cc13)-c1cc3c(c(=O)n1C2)COC(=O)[C@]3(O)CC. The number of amides is 4. The van der Waals surface area contributed by atoms with Crippen molar-refractivity contribution in [1.29, 1.82) is 0 Å². The summed E-state index contributed by atoms with van der Waals surface area (Å²) in [7, 11) is -3.54. The van der Waals surface area contributed by atoms with Crippen molar-refractivity contribution in [3.63, 3.8) is 0 Å². The van der Waals surface area contributed by atoms with Crippen LogP contribution in [0.4, 0.5) is 4.39 Å². The summed E-state index contributed by atoms with van der Waals surface area (Å²) < 4.78 is 44.9. The number of unbranched alkanes of at least 4 members (excludes halogenated alkanes) is 2. The smallest absolute Gasteiger partial charge is 0.343 e. The highest BCUT2D eigenvalue weighted by Crippen LogP contribution is 2.41. The number of pyridine rings is 2. The van der Waals surface area contributed by atoms with E-state index in [1.54, 1.807) is 52.0 Å². The maximum absolute atomic E-state index is 15.0. The summed E-state index contributed by atoms with van der Waals surface area (Å²) in [6.45, 7) is 12.8. The fraction of sp³-hybridized carbons (Fsp3) is 0.481. The Bertz CT molecular complexity index is 3040. The number of aryl methyl sites for hydroxylation is 1. The lowest BCUT2D eigenvalue weighted by atomic mass is 9.86. The van der Waals surface area contributed by atoms with Crippen molar-refractivity contribution < 1.29 is 46.6 Å². The molecule has 6 rings (SSSR count). The normalized spacial score (nSPS) is 15.7. The lowest BCUT2D eigenvalue weighted by Gasteiger charge is -2.31. The monoisotopic (exact) mass is 1030 g/mol. The molecule has 4 aromatic rings. The summed E-state index contributed by atoms with van der Waals surface area (Å²) in [5, 5.41) is 22.6. The summed E-state index contributed by atoms with van der Waals surface area (Å²) in [5.41, 5.74) is 0.931. The second-order valence-electron chi connectivity index (χ2n) is 18.6. The van der Waals surface area contributed by atoms with E-state index < -0.39 is 69.1 Å². The fourth-order valence-corrected chi connectivity index (χ4v) is 9.23. The van der Waals surface area contributed by atoms with Gasteiger partial charge < -0.3 is 40.6 Å². The van der Waals surface area contributed by atoms with Crippen LogP contribution < -0.4 is 26.8 Å². The molecule has 4 amide bonds. The average Bonchev–Trinajstić information content (AvgIpc) is 3.72. The van der Waals surface area contributed by atoms with E-state index in [0.717, 1.165) is 32.3 Å². The summed E-state index contributed by atoms with van der Waals surface area (Å²) in [4.78, 5) is 94.9. The molecular weight excluding hydrogens is 962 g/mol. The van der Waals surface area contributed by atoms with Crippen molar-refractivity contribution in [2.24, 2.45) is 5.92 Å². The molecule has 5 N–H and O–H groups in total. The average molecular weight is 1030 g/mol. The highest BCUT2D eigenvalue weighted by atomic mass is 32.2. The van der Waals surface area contributed by atoms with Crippen LogP contribution in [-0.4, -0.2) is 119 Å². The van der Waals surface area contributed by atoms with Crippen LogP contribution in [0, 0.1) is 30.5 Å². The van der Waals surface area contributed by atoms with Crippen LogP contribution in [0.5, 0.6) is 0 Å². The molecule has 73 heavy (non-hydrogen) atoms. The van der Waals surface area contributed by atoms with Gasteiger partial charge in [-0.3, -0.25) is 24.0 Å². The number of hydrogen-bond donors (Lipinski definition) is 5. The molecule has 0 aliphatic carbocycles. The maximum atomic E-state index is 15.0. The number of sulfone groups is 1. The van der Waals surface area contributed by atoms with Crippen LogP contribution in [0.2, 0.25) is 0 Å². The van der Waals surface area contributed by atoms with Crippen molar-refractivity contribution in [3.05, 3.63) is 86.2 Å². The Morgan fingerprint density at radius 3 is 2.38 bits per heavy atom. The van der Waals surface area contributed by atoms with Gasteiger partial charge in [-0.05, 0) is 87.8 Å². The number of aliphatic hydroxyl groups is 1. The first-order valence-electron chi connectivity index (χ1n) is 24.5. The Balaban J connectivity index is 1.09. The number of ether oxygens (including phenoxy) is 1. The zero-order valence-corrected chi connectivity index (χ0v) is 43.1. The van der Waals surface area contributed by atoms with Gasteiger partial charge in [0.15, 0.2) is 5.60 Å². The van der Waals surface area contributed by atoms with E-state index in [2.05, 4.69) is 61.8 Å². The van der Waals surface area contributed by atoms with E-state index in [0.29, 0.717) is 63.8 Å². The van der Waals surface area contributed by atoms with Gasteiger partial charge in [-0.15, -0.1) is 0 Å². The van der Waals surface area contributed by atoms with Gasteiger partial charge in [-0.2, -0.15) is 0 Å². The standard InChI is InChI=1S/C52H64FN9O10S/c1-8-52(69)38-24-42-46-36(29-62(42)49(67)37(38)30-72-50(52)68)34(35-23-32(6)39(53)25-41(35)58-46)18-16-21-54-44(64)28-55-47(65)40(19-14-15-22-61(9-2)10-3)59-48(66)45(31(4)5)60-43(63)20-13-11-12-17-33-26-56-51(57-27-33)73(7,70)71/h16,18,23-27,31,40,45,69H,8-11,13-15,19-22,28-30H2,1-7H3,(H,54,64)(H,55,65)(H,59,66)(H,60,63)/b18-16+/t40-,45-,52-/m0/s1. The van der Waals surface area contributed by atoms with Gasteiger partial charge in [-0.1, -0.05) is 58.6 Å². The Morgan fingerprint density at radius 1 is 0.986 bits per heavy atom. The van der Waals surface area contributed by atoms with Crippen molar-refractivity contribution in [2.45, 2.75) is 122 Å². The van der Waals surface area contributed by atoms with Crippen LogP contribution in [0.1, 0.15) is 113 Å². The number of halogens is 1. The van der Waals surface area contributed by atoms with Gasteiger partial charge in [0.1, 0.15) is 24.5 Å². The first kappa shape index (κ1) is 55.4. The van der Waals surface area contributed by atoms with E-state index in [1.165, 1.54) is 23.0 Å². The minimum absolute atomic E-state index is 0.0154. The van der Waals surface area contributed by atoms with Crippen LogP contribution in [0.15, 0.2) is 46.6 Å². The fourth-order valence-electron chi connectivity index (χ4n) is 8.74. The van der Waals surface area contributed by atoms with E-state index in [-0.39, 0.29) is 67.1 Å². The van der Waals surface area contributed by atoms with Gasteiger partial charge in [0.2, 0.25) is 38.6 Å². The molecule has 0 saturated heterocycles. The number of aromatic nitrogens is 4. The Morgan fingerprint density at radius 2 is 1.71 bits per heavy atom. The third-order valence-corrected chi connectivity index (χ3v) is 13.9. The van der Waals surface area contributed by atoms with Crippen LogP contribution in [0.3, 0.4) is 0 Å². The number of rotatable bonds is 22. The van der Waals surface area contributed by atoms with E-state index in [4.69, 9.17) is 9.72 Å². The molecule has 0 unspecified atom stereocenters. The first-order valence-corrected chi connectivity index (χ1v) is 26.4. The third kappa shape index (κ3) is 13.2. The lowest BCUT2D eigenvalue weighted by molar-refractivity contribution is -0.172. The number of carbonyl (C=O) groups is 5. The second-order valence-corrected chi connectivity index (χ2v) is 20.5. The van der Waals surface area contributed by atoms with E-state index >= 15 is 0 Å². The van der Waals surface area contributed by atoms with Gasteiger partial charge >= 0.3 is 5.97 Å². The largest absolute Gasteiger partial charge is 0.458 e. The molecule has 0 spiro atoms. The number of esters is 1. The summed E-state index contributed by atoms with van der Waals surface area (Å²) in [6.07, 6.45) is 9.42. The molecule has 3 atom stereocenters. The number of nitrogens with zero attached hydrogens (tertiary/aromatic N) is 5. The molecule has 0 saturated carbocycles. The van der Waals surface area contributed by atoms with Crippen LogP contribution in [0.25, 0.3) is 28.4 Å². The predicted molar refractivity (Wildman–Crippen MR) is 270 cm³/mol. The maximum Gasteiger partial charge on any atom is 0.343 e. The molecular formula is C52H64FN9O10S. The summed E-state index contributed by atoms with van der Waals surface area (Å²) in [5.74, 6) is 2.05. The topological polar surface area (TPSA) is 261 Å². The molecule has 3 aromatic heterocycles. The number of benzene rings is 1. The molecule has 390 valence electrons. The van der Waals surface area contributed by atoms with Gasteiger partial charge in [-0.25, -0.2) is 32.6 Å². The molecule has 5 heterocycles. The molecule has 2 aliphatic rings. The van der Waals surface area contributed by atoms with Crippen molar-refractivity contribution in [2.75, 3.05) is 39.0 Å². The molecule has 0 bridgehead atoms. The van der Waals surface area contributed by atoms with E-state index in [1.807, 2.05) is 0 Å². The minimum atomic E-state index is -3.54. The van der Waals surface area contributed by atoms with Crippen LogP contribution in [-0.2, 0) is 57.3 Å². The van der Waals surface area contributed by atoms with Gasteiger partial charge in [0.05, 0.1) is 41.1 Å². The predicted octanol–water partition coefficient (Wildman–Crippen LogP) is 3.33. The Hall–Kier alpha value is -6.89. The highest BCUT2D eigenvalue weighted by molar-refractivity contribution is 7.90.